The van der Waals surface area contributed by atoms with Gasteiger partial charge in [0, 0.05) is 57.0 Å². The minimum absolute atomic E-state index is 0.249. The van der Waals surface area contributed by atoms with Crippen LogP contribution >= 0.6 is 23.8 Å². The van der Waals surface area contributed by atoms with E-state index in [1.54, 1.807) is 0 Å². The van der Waals surface area contributed by atoms with Gasteiger partial charge in [0.1, 0.15) is 34.5 Å². The standard InChI is InChI=1S/C111H129O6P3/c1-106(2,3)88-64-76-58-82-70-91(109(10,11)12)72-84(103(82)115-52-55-118(94-40-28-22-29-41-94)95-42-30-23-31-43-95)60-78-66-89(107(4,5)6)68-80(101(78)113-20)62-86-74-93(111(16,17)18)75-87(105(86)117-54-57-120(98-48-36-26-37-49-98)99-50-38-27-39-51-99)63-81-69-90(108(7,8)9)67-79(102(81)114-21)61-85-73-92(110(13,14)15)71-83(59-77(65-88)100(76)112-19)104(85)116-53-56-119(96-44-32-24-33-45-96)97-46-34-25-35-47-97/h22-51,64-75H,52-63H2,1-21H3. The molecule has 12 aromatic rings. The van der Waals surface area contributed by atoms with Crippen molar-refractivity contribution < 1.29 is 28.4 Å². The molecule has 6 nitrogen and oxygen atoms in total. The van der Waals surface area contributed by atoms with E-state index in [2.05, 4.69) is 379 Å². The summed E-state index contributed by atoms with van der Waals surface area (Å²) in [6.45, 7) is 43.8. The normalized spacial score (nSPS) is 13.1. The number of hydrogen-bond donors (Lipinski definition) is 0. The maximum atomic E-state index is 7.81. The van der Waals surface area contributed by atoms with Gasteiger partial charge in [-0.25, -0.2) is 0 Å². The summed E-state index contributed by atoms with van der Waals surface area (Å²) in [5.74, 6) is 5.33. The molecule has 0 aliphatic heterocycles. The Labute approximate surface area is 723 Å². The smallest absolute Gasteiger partial charge is 0.126 e. The molecule has 12 aromatic carbocycles. The van der Waals surface area contributed by atoms with Gasteiger partial charge in [-0.1, -0.05) is 379 Å². The van der Waals surface area contributed by atoms with Crippen LogP contribution in [0.1, 0.15) is 225 Å². The highest BCUT2D eigenvalue weighted by atomic mass is 31.1. The molecule has 12 bridgehead atoms. The Morgan fingerprint density at radius 3 is 0.458 bits per heavy atom. The number of rotatable bonds is 21. The largest absolute Gasteiger partial charge is 0.496 e. The molecular weight excluding hydrogens is 1520 g/mol. The molecule has 0 fully saturated rings. The molecular formula is C111H129O6P3. The summed E-state index contributed by atoms with van der Waals surface area (Å²) in [6, 6.07) is 95.8. The van der Waals surface area contributed by atoms with Gasteiger partial charge in [-0.2, -0.15) is 0 Å². The lowest BCUT2D eigenvalue weighted by molar-refractivity contribution is 0.335. The van der Waals surface area contributed by atoms with Crippen molar-refractivity contribution in [3.63, 3.8) is 0 Å². The maximum absolute atomic E-state index is 7.81. The topological polar surface area (TPSA) is 55.4 Å². The highest BCUT2D eigenvalue weighted by Gasteiger charge is 2.33. The van der Waals surface area contributed by atoms with Crippen LogP contribution in [0.5, 0.6) is 34.5 Å². The van der Waals surface area contributed by atoms with Crippen molar-refractivity contribution >= 4 is 55.6 Å². The predicted octanol–water partition coefficient (Wildman–Crippen LogP) is 24.9. The van der Waals surface area contributed by atoms with Crippen molar-refractivity contribution in [2.75, 3.05) is 59.6 Å². The highest BCUT2D eigenvalue weighted by molar-refractivity contribution is 7.73. The second-order valence-corrected chi connectivity index (χ2v) is 45.9. The molecule has 120 heavy (non-hydrogen) atoms. The van der Waals surface area contributed by atoms with E-state index in [-0.39, 0.29) is 32.5 Å². The van der Waals surface area contributed by atoms with Crippen molar-refractivity contribution in [1.29, 1.82) is 0 Å². The molecule has 0 aromatic heterocycles. The summed E-state index contributed by atoms with van der Waals surface area (Å²) in [5, 5.41) is 7.97. The quantitative estimate of drug-likeness (QED) is 0.0668. The molecule has 9 heteroatoms. The van der Waals surface area contributed by atoms with Crippen molar-refractivity contribution in [2.24, 2.45) is 0 Å². The van der Waals surface area contributed by atoms with E-state index in [0.717, 1.165) is 120 Å². The van der Waals surface area contributed by atoms with E-state index in [0.29, 0.717) is 58.3 Å². The molecule has 624 valence electrons. The number of benzene rings is 12. The van der Waals surface area contributed by atoms with Crippen LogP contribution < -0.4 is 60.2 Å². The van der Waals surface area contributed by atoms with Crippen LogP contribution in [-0.2, 0) is 71.0 Å². The first-order valence-electron chi connectivity index (χ1n) is 43.2. The lowest BCUT2D eigenvalue weighted by Gasteiger charge is -2.29. The van der Waals surface area contributed by atoms with Gasteiger partial charge in [0.15, 0.2) is 0 Å². The number of fused-ring (bicyclic) bond motifs is 12. The lowest BCUT2D eigenvalue weighted by Crippen LogP contribution is -2.19. The fourth-order valence-electron chi connectivity index (χ4n) is 16.9. The van der Waals surface area contributed by atoms with E-state index in [1.165, 1.54) is 65.2 Å². The van der Waals surface area contributed by atoms with Gasteiger partial charge in [-0.3, -0.25) is 0 Å². The number of ether oxygens (including phenoxy) is 6. The zero-order valence-corrected chi connectivity index (χ0v) is 78.2. The molecule has 1 aliphatic rings. The first-order chi connectivity index (χ1) is 57.1. The monoisotopic (exact) mass is 1650 g/mol. The Hall–Kier alpha value is -9.27. The third kappa shape index (κ3) is 21.4. The maximum Gasteiger partial charge on any atom is 0.126 e. The van der Waals surface area contributed by atoms with Gasteiger partial charge in [0.2, 0.25) is 0 Å². The van der Waals surface area contributed by atoms with Gasteiger partial charge in [0.05, 0.1) is 41.2 Å². The minimum atomic E-state index is -0.796. The van der Waals surface area contributed by atoms with Crippen LogP contribution in [0.3, 0.4) is 0 Å². The third-order valence-electron chi connectivity index (χ3n) is 23.6. The molecule has 0 amide bonds. The Balaban J connectivity index is 1.10. The fraction of sp³-hybridized carbons (Fsp3) is 0.351. The van der Waals surface area contributed by atoms with Crippen LogP contribution in [0.2, 0.25) is 0 Å². The molecule has 0 unspecified atom stereocenters. The van der Waals surface area contributed by atoms with Crippen LogP contribution in [0.15, 0.2) is 255 Å². The van der Waals surface area contributed by atoms with E-state index < -0.39 is 23.8 Å². The molecule has 0 saturated heterocycles. The minimum Gasteiger partial charge on any atom is -0.496 e. The highest BCUT2D eigenvalue weighted by Crippen LogP contribution is 2.48. The number of hydrogen-bond acceptors (Lipinski definition) is 6. The Morgan fingerprint density at radius 2 is 0.333 bits per heavy atom. The zero-order valence-electron chi connectivity index (χ0n) is 75.5. The second-order valence-electron chi connectivity index (χ2n) is 38.9. The van der Waals surface area contributed by atoms with Gasteiger partial charge >= 0.3 is 0 Å². The average molecular weight is 1650 g/mol. The Kier molecular flexibility index (Phi) is 27.7. The molecule has 0 radical (unpaired) electrons. The first kappa shape index (κ1) is 88.5. The number of methoxy groups -OCH3 is 3. The van der Waals surface area contributed by atoms with E-state index in [4.69, 9.17) is 28.4 Å². The van der Waals surface area contributed by atoms with Crippen LogP contribution in [-0.4, -0.2) is 59.6 Å². The summed E-state index contributed by atoms with van der Waals surface area (Å²) in [5.41, 5.74) is 19.2. The molecule has 0 heterocycles. The van der Waals surface area contributed by atoms with Gasteiger partial charge in [-0.15, -0.1) is 0 Å². The summed E-state index contributed by atoms with van der Waals surface area (Å²) >= 11 is 0. The predicted molar refractivity (Wildman–Crippen MR) is 516 cm³/mol. The SMILES string of the molecule is COc1c2cc(C(C)(C)C)cc1Cc1cc(C(C)(C)C)cc(c1OCCP(c1ccccc1)c1ccccc1)Cc1cc(C(C)(C)C)cc(c1OC)Cc1cc(C(C)(C)C)cc(c1OCCP(c1ccccc1)c1ccccc1)Cc1cc(C(C)(C)C)cc(c1OC)Cc1cc(C(C)(C)C)cc(c1OCCP(c1ccccc1)c1ccccc1)C2. The summed E-state index contributed by atoms with van der Waals surface area (Å²) in [6.07, 6.45) is 5.72. The summed E-state index contributed by atoms with van der Waals surface area (Å²) < 4.78 is 44.6. The Bertz CT molecular complexity index is 4660. The molecule has 0 atom stereocenters. The van der Waals surface area contributed by atoms with Crippen LogP contribution in [0.25, 0.3) is 0 Å². The van der Waals surface area contributed by atoms with Crippen molar-refractivity contribution in [3.8, 4) is 34.5 Å². The fourth-order valence-corrected chi connectivity index (χ4v) is 23.3. The molecule has 1 aliphatic carbocycles. The average Bonchev–Trinajstić information content (AvgIpc) is 0.764. The molecule has 0 N–H and O–H groups in total. The Morgan fingerprint density at radius 1 is 0.200 bits per heavy atom. The van der Waals surface area contributed by atoms with Crippen molar-refractivity contribution in [2.45, 2.75) is 196 Å². The molecule has 13 rings (SSSR count). The van der Waals surface area contributed by atoms with Crippen molar-refractivity contribution in [3.05, 3.63) is 355 Å². The molecule has 0 spiro atoms. The van der Waals surface area contributed by atoms with Gasteiger partial charge < -0.3 is 28.4 Å². The van der Waals surface area contributed by atoms with Crippen LogP contribution in [0.4, 0.5) is 0 Å². The van der Waals surface area contributed by atoms with E-state index >= 15 is 0 Å². The first-order valence-corrected chi connectivity index (χ1v) is 47.8. The van der Waals surface area contributed by atoms with Gasteiger partial charge in [-0.05, 0) is 188 Å². The third-order valence-corrected chi connectivity index (χ3v) is 31.1. The van der Waals surface area contributed by atoms with E-state index in [9.17, 15) is 0 Å². The van der Waals surface area contributed by atoms with Crippen molar-refractivity contribution in [1.82, 2.24) is 0 Å². The van der Waals surface area contributed by atoms with E-state index in [1.807, 2.05) is 21.3 Å². The van der Waals surface area contributed by atoms with Gasteiger partial charge in [0.25, 0.3) is 0 Å². The lowest BCUT2D eigenvalue weighted by atomic mass is 9.79. The second kappa shape index (κ2) is 37.6. The zero-order chi connectivity index (χ0) is 85.5. The summed E-state index contributed by atoms with van der Waals surface area (Å²) in [7, 11) is 3.25. The molecule has 0 saturated carbocycles. The summed E-state index contributed by atoms with van der Waals surface area (Å²) in [4.78, 5) is 0. The van der Waals surface area contributed by atoms with Crippen LogP contribution in [0, 0.1) is 0 Å².